The molecule has 2 fully saturated rings. The van der Waals surface area contributed by atoms with E-state index in [0.717, 1.165) is 25.3 Å². The van der Waals surface area contributed by atoms with Crippen molar-refractivity contribution in [3.63, 3.8) is 0 Å². The first-order chi connectivity index (χ1) is 9.74. The molecular formula is C17H23NO2. The first-order valence-corrected chi connectivity index (χ1v) is 7.77. The van der Waals surface area contributed by atoms with Crippen molar-refractivity contribution in [1.29, 1.82) is 0 Å². The van der Waals surface area contributed by atoms with E-state index < -0.39 is 5.97 Å². The van der Waals surface area contributed by atoms with Crippen LogP contribution in [-0.2, 0) is 11.3 Å². The van der Waals surface area contributed by atoms with Gasteiger partial charge in [-0.3, -0.25) is 9.69 Å². The number of rotatable bonds is 6. The zero-order valence-electron chi connectivity index (χ0n) is 11.9. The van der Waals surface area contributed by atoms with E-state index in [1.54, 1.807) is 0 Å². The van der Waals surface area contributed by atoms with E-state index in [0.29, 0.717) is 6.04 Å². The SMILES string of the molecule is O=C(O)CN(Cc1ccccc1C1CC1)C1CCCC1. The van der Waals surface area contributed by atoms with Gasteiger partial charge in [-0.25, -0.2) is 0 Å². The molecule has 0 aliphatic heterocycles. The van der Waals surface area contributed by atoms with E-state index in [4.69, 9.17) is 0 Å². The zero-order valence-corrected chi connectivity index (χ0v) is 11.9. The van der Waals surface area contributed by atoms with Crippen LogP contribution in [0.25, 0.3) is 0 Å². The van der Waals surface area contributed by atoms with Gasteiger partial charge in [0.1, 0.15) is 0 Å². The smallest absolute Gasteiger partial charge is 0.317 e. The van der Waals surface area contributed by atoms with Gasteiger partial charge in [-0.2, -0.15) is 0 Å². The van der Waals surface area contributed by atoms with Crippen molar-refractivity contribution in [3.05, 3.63) is 35.4 Å². The molecule has 0 atom stereocenters. The molecule has 1 aromatic carbocycles. The normalized spacial score (nSPS) is 19.6. The summed E-state index contributed by atoms with van der Waals surface area (Å²) in [6.07, 6.45) is 7.37. The molecule has 3 rings (SSSR count). The van der Waals surface area contributed by atoms with Crippen LogP contribution in [0.2, 0.25) is 0 Å². The number of hydrogen-bond acceptors (Lipinski definition) is 2. The Morgan fingerprint density at radius 3 is 2.50 bits per heavy atom. The zero-order chi connectivity index (χ0) is 13.9. The van der Waals surface area contributed by atoms with Crippen LogP contribution >= 0.6 is 0 Å². The molecule has 0 radical (unpaired) electrons. The summed E-state index contributed by atoms with van der Waals surface area (Å²) in [5, 5.41) is 9.17. The molecule has 0 spiro atoms. The Balaban J connectivity index is 1.76. The first-order valence-electron chi connectivity index (χ1n) is 7.77. The van der Waals surface area contributed by atoms with E-state index in [1.165, 1.54) is 36.8 Å². The Bertz CT molecular complexity index is 476. The van der Waals surface area contributed by atoms with Crippen LogP contribution in [0.5, 0.6) is 0 Å². The summed E-state index contributed by atoms with van der Waals surface area (Å²) in [5.41, 5.74) is 2.78. The Morgan fingerprint density at radius 1 is 1.15 bits per heavy atom. The highest BCUT2D eigenvalue weighted by molar-refractivity contribution is 5.69. The highest BCUT2D eigenvalue weighted by Crippen LogP contribution is 2.42. The molecule has 20 heavy (non-hydrogen) atoms. The molecule has 0 amide bonds. The molecule has 0 bridgehead atoms. The van der Waals surface area contributed by atoms with Gasteiger partial charge in [-0.1, -0.05) is 37.1 Å². The number of aliphatic carboxylic acids is 1. The summed E-state index contributed by atoms with van der Waals surface area (Å²) in [7, 11) is 0. The molecule has 2 saturated carbocycles. The predicted octanol–water partition coefficient (Wildman–Crippen LogP) is 3.39. The molecule has 2 aliphatic carbocycles. The van der Waals surface area contributed by atoms with Crippen LogP contribution in [0, 0.1) is 0 Å². The second-order valence-electron chi connectivity index (χ2n) is 6.21. The number of benzene rings is 1. The van der Waals surface area contributed by atoms with Gasteiger partial charge in [-0.05, 0) is 42.7 Å². The fourth-order valence-electron chi connectivity index (χ4n) is 3.45. The van der Waals surface area contributed by atoms with E-state index in [-0.39, 0.29) is 6.54 Å². The van der Waals surface area contributed by atoms with Crippen molar-refractivity contribution in [1.82, 2.24) is 4.90 Å². The molecule has 0 saturated heterocycles. The minimum Gasteiger partial charge on any atom is -0.480 e. The number of nitrogens with zero attached hydrogens (tertiary/aromatic N) is 1. The molecule has 3 nitrogen and oxygen atoms in total. The number of carboxylic acids is 1. The number of carbonyl (C=O) groups is 1. The topological polar surface area (TPSA) is 40.5 Å². The van der Waals surface area contributed by atoms with Gasteiger partial charge in [0.2, 0.25) is 0 Å². The summed E-state index contributed by atoms with van der Waals surface area (Å²) in [5.74, 6) is 0.0160. The van der Waals surface area contributed by atoms with Crippen molar-refractivity contribution >= 4 is 5.97 Å². The van der Waals surface area contributed by atoms with Gasteiger partial charge in [0.25, 0.3) is 0 Å². The Morgan fingerprint density at radius 2 is 1.85 bits per heavy atom. The average Bonchev–Trinajstić information content (AvgIpc) is 3.12. The Kier molecular flexibility index (Phi) is 4.06. The van der Waals surface area contributed by atoms with Crippen LogP contribution in [0.15, 0.2) is 24.3 Å². The van der Waals surface area contributed by atoms with E-state index in [2.05, 4.69) is 29.2 Å². The molecule has 2 aliphatic rings. The minimum atomic E-state index is -0.708. The van der Waals surface area contributed by atoms with Gasteiger partial charge in [0.05, 0.1) is 6.54 Å². The Hall–Kier alpha value is -1.35. The molecular weight excluding hydrogens is 250 g/mol. The average molecular weight is 273 g/mol. The van der Waals surface area contributed by atoms with Gasteiger partial charge in [0, 0.05) is 12.6 Å². The van der Waals surface area contributed by atoms with Crippen molar-refractivity contribution in [2.75, 3.05) is 6.54 Å². The van der Waals surface area contributed by atoms with E-state index >= 15 is 0 Å². The lowest BCUT2D eigenvalue weighted by molar-refractivity contribution is -0.139. The molecule has 3 heteroatoms. The molecule has 0 heterocycles. The standard InChI is InChI=1S/C17H23NO2/c19-17(20)12-18(15-6-2-3-7-15)11-14-5-1-4-8-16(14)13-9-10-13/h1,4-5,8,13,15H,2-3,6-7,9-12H2,(H,19,20). The lowest BCUT2D eigenvalue weighted by atomic mass is 10.0. The van der Waals surface area contributed by atoms with Gasteiger partial charge in [-0.15, -0.1) is 0 Å². The summed E-state index contributed by atoms with van der Waals surface area (Å²) in [4.78, 5) is 13.3. The highest BCUT2D eigenvalue weighted by atomic mass is 16.4. The fourth-order valence-corrected chi connectivity index (χ4v) is 3.45. The third-order valence-corrected chi connectivity index (χ3v) is 4.63. The Labute approximate surface area is 120 Å². The first kappa shape index (κ1) is 13.6. The van der Waals surface area contributed by atoms with E-state index in [9.17, 15) is 9.90 Å². The monoisotopic (exact) mass is 273 g/mol. The van der Waals surface area contributed by atoms with Crippen molar-refractivity contribution in [2.24, 2.45) is 0 Å². The molecule has 108 valence electrons. The van der Waals surface area contributed by atoms with Crippen molar-refractivity contribution in [2.45, 2.75) is 57.0 Å². The van der Waals surface area contributed by atoms with Gasteiger partial charge < -0.3 is 5.11 Å². The number of carboxylic acid groups (broad SMARTS) is 1. The highest BCUT2D eigenvalue weighted by Gasteiger charge is 2.28. The van der Waals surface area contributed by atoms with Crippen molar-refractivity contribution in [3.8, 4) is 0 Å². The molecule has 0 unspecified atom stereocenters. The molecule has 0 aromatic heterocycles. The lowest BCUT2D eigenvalue weighted by Gasteiger charge is -2.28. The summed E-state index contributed by atoms with van der Waals surface area (Å²) in [6.45, 7) is 0.966. The maximum Gasteiger partial charge on any atom is 0.317 e. The maximum atomic E-state index is 11.1. The third kappa shape index (κ3) is 3.21. The minimum absolute atomic E-state index is 0.170. The van der Waals surface area contributed by atoms with Gasteiger partial charge >= 0.3 is 5.97 Å². The number of hydrogen-bond donors (Lipinski definition) is 1. The largest absolute Gasteiger partial charge is 0.480 e. The summed E-state index contributed by atoms with van der Waals surface area (Å²) < 4.78 is 0. The van der Waals surface area contributed by atoms with E-state index in [1.807, 2.05) is 0 Å². The van der Waals surface area contributed by atoms with Crippen molar-refractivity contribution < 1.29 is 9.90 Å². The van der Waals surface area contributed by atoms with Crippen LogP contribution < -0.4 is 0 Å². The lowest BCUT2D eigenvalue weighted by Crippen LogP contribution is -2.37. The van der Waals surface area contributed by atoms with Crippen LogP contribution in [0.1, 0.15) is 55.6 Å². The molecule has 1 aromatic rings. The summed E-state index contributed by atoms with van der Waals surface area (Å²) >= 11 is 0. The predicted molar refractivity (Wildman–Crippen MR) is 78.7 cm³/mol. The van der Waals surface area contributed by atoms with Crippen LogP contribution in [-0.4, -0.2) is 28.6 Å². The van der Waals surface area contributed by atoms with Crippen LogP contribution in [0.3, 0.4) is 0 Å². The quantitative estimate of drug-likeness (QED) is 0.863. The van der Waals surface area contributed by atoms with Gasteiger partial charge in [0.15, 0.2) is 0 Å². The second kappa shape index (κ2) is 5.96. The second-order valence-corrected chi connectivity index (χ2v) is 6.21. The van der Waals surface area contributed by atoms with Crippen LogP contribution in [0.4, 0.5) is 0 Å². The fraction of sp³-hybridized carbons (Fsp3) is 0.588. The summed E-state index contributed by atoms with van der Waals surface area (Å²) in [6, 6.07) is 9.04. The molecule has 1 N–H and O–H groups in total. The maximum absolute atomic E-state index is 11.1. The third-order valence-electron chi connectivity index (χ3n) is 4.63.